The summed E-state index contributed by atoms with van der Waals surface area (Å²) in [5, 5.41) is 20.2. The van der Waals surface area contributed by atoms with Gasteiger partial charge in [0.25, 0.3) is 0 Å². The van der Waals surface area contributed by atoms with Gasteiger partial charge in [0.2, 0.25) is 0 Å². The molecule has 0 aromatic carbocycles. The molecule has 2 aliphatic rings. The molecule has 0 spiro atoms. The number of ether oxygens (including phenoxy) is 1. The Kier molecular flexibility index (Phi) is 3.23. The van der Waals surface area contributed by atoms with Gasteiger partial charge in [0, 0.05) is 6.61 Å². The van der Waals surface area contributed by atoms with Crippen molar-refractivity contribution in [1.29, 1.82) is 5.26 Å². The van der Waals surface area contributed by atoms with Gasteiger partial charge >= 0.3 is 0 Å². The quantitative estimate of drug-likeness (QED) is 0.741. The summed E-state index contributed by atoms with van der Waals surface area (Å²) < 4.78 is 5.40. The molecular formula is C13H21NO2. The largest absolute Gasteiger partial charge is 0.386 e. The second-order valence-corrected chi connectivity index (χ2v) is 5.58. The van der Waals surface area contributed by atoms with Crippen molar-refractivity contribution in [2.24, 2.45) is 11.3 Å². The normalized spacial score (nSPS) is 44.9. The smallest absolute Gasteiger partial charge is 0.107 e. The number of hydrogen-bond acceptors (Lipinski definition) is 3. The van der Waals surface area contributed by atoms with Crippen molar-refractivity contribution in [3.8, 4) is 6.07 Å². The van der Waals surface area contributed by atoms with Gasteiger partial charge in [-0.3, -0.25) is 0 Å². The van der Waals surface area contributed by atoms with Gasteiger partial charge in [0.1, 0.15) is 5.60 Å². The molecule has 1 aliphatic carbocycles. The number of rotatable bonds is 1. The first kappa shape index (κ1) is 11.9. The Hall–Kier alpha value is -0.590. The minimum Gasteiger partial charge on any atom is -0.386 e. The summed E-state index contributed by atoms with van der Waals surface area (Å²) in [6.07, 6.45) is 5.47. The molecule has 1 N–H and O–H groups in total. The lowest BCUT2D eigenvalue weighted by molar-refractivity contribution is -0.156. The summed E-state index contributed by atoms with van der Waals surface area (Å²) in [6, 6.07) is 2.43. The molecule has 3 nitrogen and oxygen atoms in total. The molecule has 0 aromatic heterocycles. The third-order valence-electron chi connectivity index (χ3n) is 4.32. The van der Waals surface area contributed by atoms with Crippen LogP contribution in [0.4, 0.5) is 0 Å². The van der Waals surface area contributed by atoms with E-state index in [1.165, 1.54) is 6.42 Å². The minimum atomic E-state index is -0.908. The standard InChI is InChI=1S/C13H21NO2/c1-11-4-2-5-12(8-11,9-14)13(15)6-3-7-16-10-13/h11,15H,2-8,10H2,1H3. The number of nitriles is 1. The van der Waals surface area contributed by atoms with E-state index in [4.69, 9.17) is 4.74 Å². The highest BCUT2D eigenvalue weighted by Crippen LogP contribution is 2.49. The van der Waals surface area contributed by atoms with Crippen molar-refractivity contribution in [1.82, 2.24) is 0 Å². The van der Waals surface area contributed by atoms with Gasteiger partial charge in [-0.15, -0.1) is 0 Å². The zero-order valence-corrected chi connectivity index (χ0v) is 10.0. The van der Waals surface area contributed by atoms with Crippen LogP contribution in [-0.2, 0) is 4.74 Å². The highest BCUT2D eigenvalue weighted by molar-refractivity contribution is 5.13. The Morgan fingerprint density at radius 3 is 2.75 bits per heavy atom. The maximum absolute atomic E-state index is 10.7. The van der Waals surface area contributed by atoms with E-state index < -0.39 is 11.0 Å². The van der Waals surface area contributed by atoms with E-state index in [9.17, 15) is 10.4 Å². The Labute approximate surface area is 97.4 Å². The summed E-state index contributed by atoms with van der Waals surface area (Å²) in [5.41, 5.74) is -1.47. The summed E-state index contributed by atoms with van der Waals surface area (Å²) in [6.45, 7) is 3.24. The third kappa shape index (κ3) is 1.85. The van der Waals surface area contributed by atoms with Crippen molar-refractivity contribution in [2.45, 2.75) is 51.0 Å². The fourth-order valence-corrected chi connectivity index (χ4v) is 3.34. The molecule has 1 heterocycles. The molecule has 90 valence electrons. The second kappa shape index (κ2) is 4.35. The number of aliphatic hydroxyl groups is 1. The van der Waals surface area contributed by atoms with Crippen LogP contribution in [0.5, 0.6) is 0 Å². The summed E-state index contributed by atoms with van der Waals surface area (Å²) >= 11 is 0. The molecule has 1 saturated heterocycles. The molecule has 3 unspecified atom stereocenters. The minimum absolute atomic E-state index is 0.341. The van der Waals surface area contributed by atoms with Crippen LogP contribution in [0.25, 0.3) is 0 Å². The summed E-state index contributed by atoms with van der Waals surface area (Å²) in [7, 11) is 0. The van der Waals surface area contributed by atoms with E-state index in [2.05, 4.69) is 13.0 Å². The van der Waals surface area contributed by atoms with Crippen LogP contribution < -0.4 is 0 Å². The molecular weight excluding hydrogens is 202 g/mol. The second-order valence-electron chi connectivity index (χ2n) is 5.58. The lowest BCUT2D eigenvalue weighted by atomic mass is 9.60. The predicted molar refractivity (Wildman–Crippen MR) is 60.7 cm³/mol. The topological polar surface area (TPSA) is 53.2 Å². The fourth-order valence-electron chi connectivity index (χ4n) is 3.34. The Morgan fingerprint density at radius 1 is 1.38 bits per heavy atom. The van der Waals surface area contributed by atoms with Gasteiger partial charge in [0.15, 0.2) is 0 Å². The zero-order valence-electron chi connectivity index (χ0n) is 10.0. The van der Waals surface area contributed by atoms with E-state index in [1.807, 2.05) is 0 Å². The van der Waals surface area contributed by atoms with E-state index in [1.54, 1.807) is 0 Å². The molecule has 2 rings (SSSR count). The van der Waals surface area contributed by atoms with Gasteiger partial charge in [0.05, 0.1) is 18.1 Å². The van der Waals surface area contributed by atoms with Crippen LogP contribution in [-0.4, -0.2) is 23.9 Å². The molecule has 3 heteroatoms. The zero-order chi connectivity index (χ0) is 11.6. The van der Waals surface area contributed by atoms with Crippen LogP contribution in [0.1, 0.15) is 45.4 Å². The number of nitrogens with zero attached hydrogens (tertiary/aromatic N) is 1. The van der Waals surface area contributed by atoms with Crippen molar-refractivity contribution in [2.75, 3.05) is 13.2 Å². The molecule has 0 bridgehead atoms. The molecule has 0 aromatic rings. The Morgan fingerprint density at radius 2 is 2.19 bits per heavy atom. The number of hydrogen-bond donors (Lipinski definition) is 1. The first-order chi connectivity index (χ1) is 7.62. The molecule has 2 fully saturated rings. The lowest BCUT2D eigenvalue weighted by Gasteiger charge is -2.48. The van der Waals surface area contributed by atoms with Crippen molar-refractivity contribution >= 4 is 0 Å². The van der Waals surface area contributed by atoms with E-state index >= 15 is 0 Å². The fraction of sp³-hybridized carbons (Fsp3) is 0.923. The molecule has 16 heavy (non-hydrogen) atoms. The maximum Gasteiger partial charge on any atom is 0.107 e. The molecule has 0 amide bonds. The molecule has 1 saturated carbocycles. The van der Waals surface area contributed by atoms with Crippen molar-refractivity contribution in [3.05, 3.63) is 0 Å². The highest BCUT2D eigenvalue weighted by atomic mass is 16.5. The van der Waals surface area contributed by atoms with Gasteiger partial charge < -0.3 is 9.84 Å². The van der Waals surface area contributed by atoms with Crippen LogP contribution in [0.2, 0.25) is 0 Å². The van der Waals surface area contributed by atoms with Gasteiger partial charge in [-0.1, -0.05) is 19.8 Å². The third-order valence-corrected chi connectivity index (χ3v) is 4.32. The monoisotopic (exact) mass is 223 g/mol. The lowest BCUT2D eigenvalue weighted by Crippen LogP contribution is -2.54. The van der Waals surface area contributed by atoms with Crippen molar-refractivity contribution < 1.29 is 9.84 Å². The Balaban J connectivity index is 2.22. The van der Waals surface area contributed by atoms with Crippen LogP contribution >= 0.6 is 0 Å². The van der Waals surface area contributed by atoms with Crippen LogP contribution in [0.15, 0.2) is 0 Å². The average Bonchev–Trinajstić information content (AvgIpc) is 2.29. The van der Waals surface area contributed by atoms with E-state index in [0.717, 1.165) is 32.3 Å². The first-order valence-corrected chi connectivity index (χ1v) is 6.33. The average molecular weight is 223 g/mol. The highest BCUT2D eigenvalue weighted by Gasteiger charge is 2.53. The first-order valence-electron chi connectivity index (χ1n) is 6.33. The summed E-state index contributed by atoms with van der Waals surface area (Å²) in [5.74, 6) is 0.541. The molecule has 1 aliphatic heterocycles. The molecule has 3 atom stereocenters. The maximum atomic E-state index is 10.7. The summed E-state index contributed by atoms with van der Waals surface area (Å²) in [4.78, 5) is 0. The van der Waals surface area contributed by atoms with Gasteiger partial charge in [-0.2, -0.15) is 5.26 Å². The predicted octanol–water partition coefficient (Wildman–Crippen LogP) is 2.25. The van der Waals surface area contributed by atoms with E-state index in [0.29, 0.717) is 18.9 Å². The van der Waals surface area contributed by atoms with Gasteiger partial charge in [-0.25, -0.2) is 0 Å². The SMILES string of the molecule is CC1CCCC(C#N)(C2(O)CCCOC2)C1. The molecule has 0 radical (unpaired) electrons. The van der Waals surface area contributed by atoms with Gasteiger partial charge in [-0.05, 0) is 31.6 Å². The Bertz CT molecular complexity index is 291. The van der Waals surface area contributed by atoms with Crippen LogP contribution in [0.3, 0.4) is 0 Å². The van der Waals surface area contributed by atoms with Crippen LogP contribution in [0, 0.1) is 22.7 Å². The van der Waals surface area contributed by atoms with Crippen molar-refractivity contribution in [3.63, 3.8) is 0 Å². The van der Waals surface area contributed by atoms with E-state index in [-0.39, 0.29) is 0 Å².